The molecule has 124 valence electrons. The molecule has 0 fully saturated rings. The Morgan fingerprint density at radius 1 is 1.20 bits per heavy atom. The van der Waals surface area contributed by atoms with E-state index in [2.05, 4.69) is 36.8 Å². The van der Waals surface area contributed by atoms with Gasteiger partial charge in [0.05, 0.1) is 10.2 Å². The van der Waals surface area contributed by atoms with Crippen molar-refractivity contribution >= 4 is 38.5 Å². The van der Waals surface area contributed by atoms with Crippen LogP contribution < -0.4 is 5.32 Å². The van der Waals surface area contributed by atoms with Gasteiger partial charge in [-0.05, 0) is 63.6 Å². The zero-order chi connectivity index (χ0) is 17.4. The summed E-state index contributed by atoms with van der Waals surface area (Å²) in [6.45, 7) is 1.80. The van der Waals surface area contributed by atoms with Crippen molar-refractivity contribution in [3.05, 3.63) is 64.6 Å². The summed E-state index contributed by atoms with van der Waals surface area (Å²) >= 11 is 3.42. The largest absolute Gasteiger partial charge is 0.450 e. The van der Waals surface area contributed by atoms with Crippen LogP contribution in [0.1, 0.15) is 16.4 Å². The molecular formula is C17H12BrN5O2. The van der Waals surface area contributed by atoms with Gasteiger partial charge >= 0.3 is 0 Å². The predicted molar refractivity (Wildman–Crippen MR) is 95.8 cm³/mol. The van der Waals surface area contributed by atoms with Gasteiger partial charge in [-0.25, -0.2) is 0 Å². The number of tetrazole rings is 1. The zero-order valence-electron chi connectivity index (χ0n) is 13.1. The first-order valence-electron chi connectivity index (χ1n) is 7.46. The lowest BCUT2D eigenvalue weighted by Gasteiger charge is -2.06. The molecule has 0 saturated carbocycles. The molecule has 4 rings (SSSR count). The Balaban J connectivity index is 1.62. The Bertz CT molecular complexity index is 1090. The van der Waals surface area contributed by atoms with Crippen molar-refractivity contribution in [1.82, 2.24) is 20.2 Å². The Kier molecular flexibility index (Phi) is 3.81. The monoisotopic (exact) mass is 397 g/mol. The molecule has 0 bridgehead atoms. The smallest absolute Gasteiger partial charge is 0.291 e. The Labute approximate surface area is 150 Å². The van der Waals surface area contributed by atoms with Crippen molar-refractivity contribution < 1.29 is 9.21 Å². The average Bonchev–Trinajstić information content (AvgIpc) is 3.22. The highest BCUT2D eigenvalue weighted by molar-refractivity contribution is 9.10. The molecular weight excluding hydrogens is 386 g/mol. The maximum atomic E-state index is 12.5. The maximum absolute atomic E-state index is 12.5. The fourth-order valence-corrected chi connectivity index (χ4v) is 2.98. The van der Waals surface area contributed by atoms with Crippen LogP contribution in [0.4, 0.5) is 5.69 Å². The maximum Gasteiger partial charge on any atom is 0.291 e. The van der Waals surface area contributed by atoms with Gasteiger partial charge in [-0.3, -0.25) is 4.79 Å². The standard InChI is InChI=1S/C17H12BrN5O2/c1-10-20-21-22-23(10)13-6-3-5-12(9-13)19-17(24)15-8-11-4-2-7-14(18)16(11)25-15/h2-9H,1H3,(H,19,24). The topological polar surface area (TPSA) is 85.8 Å². The number of fused-ring (bicyclic) bond motifs is 1. The summed E-state index contributed by atoms with van der Waals surface area (Å²) in [4.78, 5) is 12.5. The number of aryl methyl sites for hydroxylation is 1. The van der Waals surface area contributed by atoms with E-state index in [1.54, 1.807) is 29.8 Å². The number of anilines is 1. The number of hydrogen-bond acceptors (Lipinski definition) is 5. The third-order valence-electron chi connectivity index (χ3n) is 3.69. The molecule has 0 aliphatic heterocycles. The lowest BCUT2D eigenvalue weighted by Crippen LogP contribution is -2.11. The Hall–Kier alpha value is -3.00. The molecule has 1 amide bonds. The van der Waals surface area contributed by atoms with Crippen LogP contribution >= 0.6 is 15.9 Å². The first-order valence-corrected chi connectivity index (χ1v) is 8.26. The van der Waals surface area contributed by atoms with E-state index in [4.69, 9.17) is 4.42 Å². The zero-order valence-corrected chi connectivity index (χ0v) is 14.7. The van der Waals surface area contributed by atoms with Crippen LogP contribution in [-0.4, -0.2) is 26.1 Å². The van der Waals surface area contributed by atoms with E-state index >= 15 is 0 Å². The van der Waals surface area contributed by atoms with E-state index in [-0.39, 0.29) is 11.7 Å². The fourth-order valence-electron chi connectivity index (χ4n) is 2.52. The molecule has 7 nitrogen and oxygen atoms in total. The molecule has 1 N–H and O–H groups in total. The van der Waals surface area contributed by atoms with E-state index in [1.165, 1.54) is 0 Å². The number of furan rings is 1. The summed E-state index contributed by atoms with van der Waals surface area (Å²) in [5.74, 6) is 0.574. The highest BCUT2D eigenvalue weighted by Gasteiger charge is 2.14. The van der Waals surface area contributed by atoms with Gasteiger partial charge in [0.2, 0.25) is 0 Å². The molecule has 8 heteroatoms. The van der Waals surface area contributed by atoms with Crippen LogP contribution in [0.25, 0.3) is 16.7 Å². The molecule has 2 heterocycles. The number of amides is 1. The van der Waals surface area contributed by atoms with Gasteiger partial charge in [0.15, 0.2) is 11.6 Å². The number of halogens is 1. The second kappa shape index (κ2) is 6.14. The van der Waals surface area contributed by atoms with Gasteiger partial charge in [0, 0.05) is 11.1 Å². The van der Waals surface area contributed by atoms with Gasteiger partial charge in [-0.2, -0.15) is 4.68 Å². The van der Waals surface area contributed by atoms with Crippen molar-refractivity contribution in [2.45, 2.75) is 6.92 Å². The summed E-state index contributed by atoms with van der Waals surface area (Å²) in [7, 11) is 0. The van der Waals surface area contributed by atoms with Crippen molar-refractivity contribution in [3.63, 3.8) is 0 Å². The number of rotatable bonds is 3. The molecule has 0 atom stereocenters. The minimum Gasteiger partial charge on any atom is -0.450 e. The molecule has 2 aromatic heterocycles. The number of aromatic nitrogens is 4. The van der Waals surface area contributed by atoms with Crippen LogP contribution in [0.2, 0.25) is 0 Å². The molecule has 25 heavy (non-hydrogen) atoms. The lowest BCUT2D eigenvalue weighted by molar-refractivity contribution is 0.0998. The molecule has 0 aliphatic rings. The number of carbonyl (C=O) groups is 1. The second-order valence-corrected chi connectivity index (χ2v) is 6.27. The molecule has 0 aliphatic carbocycles. The van der Waals surface area contributed by atoms with E-state index in [9.17, 15) is 4.79 Å². The van der Waals surface area contributed by atoms with Gasteiger partial charge < -0.3 is 9.73 Å². The van der Waals surface area contributed by atoms with E-state index in [1.807, 2.05) is 30.3 Å². The third-order valence-corrected chi connectivity index (χ3v) is 4.32. The van der Waals surface area contributed by atoms with Crippen molar-refractivity contribution in [3.8, 4) is 5.69 Å². The SMILES string of the molecule is Cc1nnnn1-c1cccc(NC(=O)c2cc3cccc(Br)c3o2)c1. The Morgan fingerprint density at radius 3 is 2.80 bits per heavy atom. The number of nitrogens with zero attached hydrogens (tertiary/aromatic N) is 4. The van der Waals surface area contributed by atoms with Gasteiger partial charge in [-0.1, -0.05) is 18.2 Å². The van der Waals surface area contributed by atoms with Crippen LogP contribution in [0.3, 0.4) is 0 Å². The van der Waals surface area contributed by atoms with Crippen LogP contribution in [0.5, 0.6) is 0 Å². The summed E-state index contributed by atoms with van der Waals surface area (Å²) in [5.41, 5.74) is 2.02. The minimum absolute atomic E-state index is 0.242. The van der Waals surface area contributed by atoms with Crippen LogP contribution in [0, 0.1) is 6.92 Å². The van der Waals surface area contributed by atoms with Gasteiger partial charge in [0.25, 0.3) is 5.91 Å². The summed E-state index contributed by atoms with van der Waals surface area (Å²) in [6.07, 6.45) is 0. The van der Waals surface area contributed by atoms with E-state index in [0.29, 0.717) is 17.1 Å². The van der Waals surface area contributed by atoms with Gasteiger partial charge in [-0.15, -0.1) is 5.10 Å². The highest BCUT2D eigenvalue weighted by atomic mass is 79.9. The average molecular weight is 398 g/mol. The van der Waals surface area contributed by atoms with Crippen molar-refractivity contribution in [2.75, 3.05) is 5.32 Å². The lowest BCUT2D eigenvalue weighted by atomic mass is 10.2. The van der Waals surface area contributed by atoms with Crippen LogP contribution in [0.15, 0.2) is 57.4 Å². The summed E-state index contributed by atoms with van der Waals surface area (Å²) in [6, 6.07) is 14.6. The first kappa shape index (κ1) is 15.5. The van der Waals surface area contributed by atoms with Gasteiger partial charge in [0.1, 0.15) is 5.58 Å². The predicted octanol–water partition coefficient (Wildman–Crippen LogP) is 3.73. The molecule has 0 unspecified atom stereocenters. The second-order valence-electron chi connectivity index (χ2n) is 5.41. The summed E-state index contributed by atoms with van der Waals surface area (Å²) < 4.78 is 8.05. The molecule has 0 spiro atoms. The number of carbonyl (C=O) groups excluding carboxylic acids is 1. The number of nitrogens with one attached hydrogen (secondary N) is 1. The van der Waals surface area contributed by atoms with E-state index in [0.717, 1.165) is 15.5 Å². The third kappa shape index (κ3) is 2.91. The van der Waals surface area contributed by atoms with Crippen molar-refractivity contribution in [1.29, 1.82) is 0 Å². The van der Waals surface area contributed by atoms with E-state index < -0.39 is 0 Å². The van der Waals surface area contributed by atoms with Crippen molar-refractivity contribution in [2.24, 2.45) is 0 Å². The normalized spacial score (nSPS) is 11.0. The number of benzene rings is 2. The number of para-hydroxylation sites is 1. The summed E-state index contributed by atoms with van der Waals surface area (Å²) in [5, 5.41) is 15.1. The minimum atomic E-state index is -0.325. The van der Waals surface area contributed by atoms with Crippen LogP contribution in [-0.2, 0) is 0 Å². The molecule has 4 aromatic rings. The molecule has 0 radical (unpaired) electrons. The number of hydrogen-bond donors (Lipinski definition) is 1. The molecule has 0 saturated heterocycles. The highest BCUT2D eigenvalue weighted by Crippen LogP contribution is 2.27. The Morgan fingerprint density at radius 2 is 2.04 bits per heavy atom. The molecule has 2 aromatic carbocycles. The first-order chi connectivity index (χ1) is 12.1. The fraction of sp³-hybridized carbons (Fsp3) is 0.0588. The quantitative estimate of drug-likeness (QED) is 0.568.